The summed E-state index contributed by atoms with van der Waals surface area (Å²) in [6, 6.07) is 6.66. The summed E-state index contributed by atoms with van der Waals surface area (Å²) >= 11 is 0. The second kappa shape index (κ2) is 7.38. The van der Waals surface area contributed by atoms with Gasteiger partial charge in [0.2, 0.25) is 5.91 Å². The number of pyridine rings is 1. The summed E-state index contributed by atoms with van der Waals surface area (Å²) in [4.78, 5) is 16.3. The molecular weight excluding hydrogens is 312 g/mol. The second-order valence-corrected chi connectivity index (χ2v) is 6.01. The first-order valence-corrected chi connectivity index (χ1v) is 8.11. The third kappa shape index (κ3) is 4.07. The van der Waals surface area contributed by atoms with Crippen molar-refractivity contribution in [1.82, 2.24) is 4.98 Å². The zero-order valence-corrected chi connectivity index (χ0v) is 13.2. The number of carbonyl (C=O) groups is 1. The van der Waals surface area contributed by atoms with Gasteiger partial charge < -0.3 is 10.6 Å². The Hall–Kier alpha value is -2.50. The van der Waals surface area contributed by atoms with Gasteiger partial charge in [0.25, 0.3) is 0 Å². The molecule has 2 N–H and O–H groups in total. The Morgan fingerprint density at radius 1 is 1.08 bits per heavy atom. The van der Waals surface area contributed by atoms with E-state index in [0.717, 1.165) is 31.7 Å². The number of anilines is 3. The molecule has 0 aliphatic heterocycles. The maximum Gasteiger partial charge on any atom is 0.228 e. The third-order valence-corrected chi connectivity index (χ3v) is 4.20. The number of rotatable bonds is 4. The van der Waals surface area contributed by atoms with Crippen molar-refractivity contribution < 1.29 is 13.6 Å². The van der Waals surface area contributed by atoms with Crippen molar-refractivity contribution in [1.29, 1.82) is 0 Å². The molecule has 24 heavy (non-hydrogen) atoms. The molecule has 126 valence electrons. The summed E-state index contributed by atoms with van der Waals surface area (Å²) < 4.78 is 26.5. The highest BCUT2D eigenvalue weighted by Gasteiger charge is 2.21. The first-order chi connectivity index (χ1) is 11.6. The van der Waals surface area contributed by atoms with Crippen LogP contribution in [-0.4, -0.2) is 10.9 Å². The van der Waals surface area contributed by atoms with E-state index in [0.29, 0.717) is 11.5 Å². The molecule has 1 saturated carbocycles. The summed E-state index contributed by atoms with van der Waals surface area (Å²) in [5, 5.41) is 5.65. The summed E-state index contributed by atoms with van der Waals surface area (Å²) in [5.74, 6) is -0.767. The highest BCUT2D eigenvalue weighted by atomic mass is 19.1. The number of nitrogens with one attached hydrogen (secondary N) is 2. The van der Waals surface area contributed by atoms with E-state index in [-0.39, 0.29) is 17.5 Å². The number of aromatic nitrogens is 1. The molecule has 0 radical (unpaired) electrons. The lowest BCUT2D eigenvalue weighted by atomic mass is 9.89. The van der Waals surface area contributed by atoms with E-state index in [2.05, 4.69) is 15.6 Å². The van der Waals surface area contributed by atoms with Gasteiger partial charge in [0.05, 0.1) is 17.6 Å². The fourth-order valence-electron chi connectivity index (χ4n) is 2.88. The maximum atomic E-state index is 13.6. The Labute approximate surface area is 139 Å². The van der Waals surface area contributed by atoms with Gasteiger partial charge >= 0.3 is 0 Å². The van der Waals surface area contributed by atoms with Crippen LogP contribution in [0.3, 0.4) is 0 Å². The quantitative estimate of drug-likeness (QED) is 0.859. The van der Waals surface area contributed by atoms with Gasteiger partial charge in [0, 0.05) is 12.0 Å². The molecule has 1 aromatic heterocycles. The lowest BCUT2D eigenvalue weighted by Gasteiger charge is -2.20. The highest BCUT2D eigenvalue weighted by Crippen LogP contribution is 2.25. The molecular formula is C18H19F2N3O. The van der Waals surface area contributed by atoms with E-state index in [1.165, 1.54) is 24.8 Å². The molecule has 0 unspecified atom stereocenters. The molecule has 3 rings (SSSR count). The molecule has 0 spiro atoms. The van der Waals surface area contributed by atoms with Gasteiger partial charge in [0.15, 0.2) is 0 Å². The van der Waals surface area contributed by atoms with Crippen LogP contribution in [0.1, 0.15) is 32.1 Å². The topological polar surface area (TPSA) is 54.0 Å². The van der Waals surface area contributed by atoms with Crippen LogP contribution in [-0.2, 0) is 4.79 Å². The van der Waals surface area contributed by atoms with Crippen LogP contribution >= 0.6 is 0 Å². The zero-order valence-electron chi connectivity index (χ0n) is 13.2. The minimum Gasteiger partial charge on any atom is -0.352 e. The summed E-state index contributed by atoms with van der Waals surface area (Å²) in [6.07, 6.45) is 6.74. The predicted molar refractivity (Wildman–Crippen MR) is 89.1 cm³/mol. The van der Waals surface area contributed by atoms with Gasteiger partial charge in [-0.15, -0.1) is 0 Å². The first kappa shape index (κ1) is 16.4. The largest absolute Gasteiger partial charge is 0.352 e. The van der Waals surface area contributed by atoms with E-state index in [1.807, 2.05) is 0 Å². The number of hydrogen-bond donors (Lipinski definition) is 2. The van der Waals surface area contributed by atoms with E-state index >= 15 is 0 Å². The SMILES string of the molecule is O=C(Nc1ccc(Nc2ccc(F)cc2F)cn1)C1CCCCC1. The van der Waals surface area contributed by atoms with Gasteiger partial charge in [-0.1, -0.05) is 19.3 Å². The monoisotopic (exact) mass is 331 g/mol. The fourth-order valence-corrected chi connectivity index (χ4v) is 2.88. The molecule has 0 bridgehead atoms. The van der Waals surface area contributed by atoms with Gasteiger partial charge in [-0.25, -0.2) is 13.8 Å². The minimum absolute atomic E-state index is 0.00693. The molecule has 0 saturated heterocycles. The van der Waals surface area contributed by atoms with Crippen molar-refractivity contribution in [3.8, 4) is 0 Å². The van der Waals surface area contributed by atoms with E-state index in [4.69, 9.17) is 0 Å². The summed E-state index contributed by atoms with van der Waals surface area (Å²) in [6.45, 7) is 0. The number of hydrogen-bond acceptors (Lipinski definition) is 3. The number of carbonyl (C=O) groups excluding carboxylic acids is 1. The molecule has 0 atom stereocenters. The van der Waals surface area contributed by atoms with E-state index in [9.17, 15) is 13.6 Å². The Balaban J connectivity index is 1.61. The Morgan fingerprint density at radius 2 is 1.88 bits per heavy atom. The minimum atomic E-state index is -0.676. The molecule has 1 aliphatic rings. The summed E-state index contributed by atoms with van der Waals surface area (Å²) in [5.41, 5.74) is 0.716. The normalized spacial score (nSPS) is 15.1. The standard InChI is InChI=1S/C18H19F2N3O/c19-13-6-8-16(15(20)10-13)22-14-7-9-17(21-11-14)23-18(24)12-4-2-1-3-5-12/h6-12,22H,1-5H2,(H,21,23,24). The van der Waals surface area contributed by atoms with Crippen LogP contribution in [0.5, 0.6) is 0 Å². The van der Waals surface area contributed by atoms with Gasteiger partial charge in [-0.05, 0) is 37.1 Å². The molecule has 1 heterocycles. The molecule has 1 amide bonds. The van der Waals surface area contributed by atoms with Gasteiger partial charge in [-0.2, -0.15) is 0 Å². The fraction of sp³-hybridized carbons (Fsp3) is 0.333. The van der Waals surface area contributed by atoms with Crippen molar-refractivity contribution in [2.75, 3.05) is 10.6 Å². The molecule has 4 nitrogen and oxygen atoms in total. The molecule has 6 heteroatoms. The first-order valence-electron chi connectivity index (χ1n) is 8.11. The zero-order chi connectivity index (χ0) is 16.9. The lowest BCUT2D eigenvalue weighted by molar-refractivity contribution is -0.120. The van der Waals surface area contributed by atoms with E-state index < -0.39 is 11.6 Å². The molecule has 2 aromatic rings. The third-order valence-electron chi connectivity index (χ3n) is 4.20. The predicted octanol–water partition coefficient (Wildman–Crippen LogP) is 4.62. The Bertz CT molecular complexity index is 713. The van der Waals surface area contributed by atoms with Gasteiger partial charge in [0.1, 0.15) is 17.5 Å². The average molecular weight is 331 g/mol. The molecule has 1 aromatic carbocycles. The van der Waals surface area contributed by atoms with Crippen molar-refractivity contribution >= 4 is 23.1 Å². The van der Waals surface area contributed by atoms with Crippen molar-refractivity contribution in [3.05, 3.63) is 48.2 Å². The average Bonchev–Trinajstić information content (AvgIpc) is 2.60. The Morgan fingerprint density at radius 3 is 2.54 bits per heavy atom. The smallest absolute Gasteiger partial charge is 0.228 e. The number of halogens is 2. The molecule has 1 fully saturated rings. The van der Waals surface area contributed by atoms with Crippen LogP contribution < -0.4 is 10.6 Å². The van der Waals surface area contributed by atoms with Gasteiger partial charge in [-0.3, -0.25) is 4.79 Å². The van der Waals surface area contributed by atoms with Crippen LogP contribution in [0.2, 0.25) is 0 Å². The van der Waals surface area contributed by atoms with Crippen molar-refractivity contribution in [2.24, 2.45) is 5.92 Å². The van der Waals surface area contributed by atoms with Crippen molar-refractivity contribution in [2.45, 2.75) is 32.1 Å². The lowest BCUT2D eigenvalue weighted by Crippen LogP contribution is -2.25. The van der Waals surface area contributed by atoms with Crippen LogP contribution in [0, 0.1) is 17.6 Å². The number of amides is 1. The number of benzene rings is 1. The van der Waals surface area contributed by atoms with E-state index in [1.54, 1.807) is 12.1 Å². The second-order valence-electron chi connectivity index (χ2n) is 6.01. The Kier molecular flexibility index (Phi) is 5.03. The van der Waals surface area contributed by atoms with Crippen molar-refractivity contribution in [3.63, 3.8) is 0 Å². The van der Waals surface area contributed by atoms with Crippen LogP contribution in [0.15, 0.2) is 36.5 Å². The number of nitrogens with zero attached hydrogens (tertiary/aromatic N) is 1. The van der Waals surface area contributed by atoms with Crippen LogP contribution in [0.4, 0.5) is 26.0 Å². The van der Waals surface area contributed by atoms with Crippen LogP contribution in [0.25, 0.3) is 0 Å². The molecule has 1 aliphatic carbocycles. The highest BCUT2D eigenvalue weighted by molar-refractivity contribution is 5.91. The maximum absolute atomic E-state index is 13.6. The summed E-state index contributed by atoms with van der Waals surface area (Å²) in [7, 11) is 0.